The molecule has 0 saturated carbocycles. The number of methoxy groups -OCH3 is 2. The van der Waals surface area contributed by atoms with Crippen molar-refractivity contribution in [2.24, 2.45) is 0 Å². The van der Waals surface area contributed by atoms with Crippen molar-refractivity contribution >= 4 is 17.4 Å². The van der Waals surface area contributed by atoms with Crippen molar-refractivity contribution in [1.82, 2.24) is 4.90 Å². The van der Waals surface area contributed by atoms with E-state index in [4.69, 9.17) is 14.2 Å². The molecule has 3 aromatic carbocycles. The summed E-state index contributed by atoms with van der Waals surface area (Å²) in [5.74, 6) is 0.311. The van der Waals surface area contributed by atoms with Gasteiger partial charge in [0.05, 0.1) is 32.4 Å². The lowest BCUT2D eigenvalue weighted by Crippen LogP contribution is -2.31. The molecule has 3 aromatic rings. The van der Waals surface area contributed by atoms with Crippen molar-refractivity contribution in [2.45, 2.75) is 26.3 Å². The van der Waals surface area contributed by atoms with E-state index in [9.17, 15) is 14.7 Å². The van der Waals surface area contributed by atoms with Gasteiger partial charge >= 0.3 is 0 Å². The normalized spacial score (nSPS) is 16.6. The number of benzene rings is 3. The Hall–Kier alpha value is -4.26. The summed E-state index contributed by atoms with van der Waals surface area (Å²) in [6.45, 7) is 4.63. The lowest BCUT2D eigenvalue weighted by molar-refractivity contribution is -0.139. The predicted octanol–water partition coefficient (Wildman–Crippen LogP) is 5.08. The molecule has 0 aromatic heterocycles. The molecular weight excluding hydrogens is 470 g/mol. The molecule has 1 unspecified atom stereocenters. The first-order valence-electron chi connectivity index (χ1n) is 12.2. The topological polar surface area (TPSA) is 85.3 Å². The molecule has 0 bridgehead atoms. The number of carbonyl (C=O) groups is 2. The van der Waals surface area contributed by atoms with Crippen molar-refractivity contribution in [3.8, 4) is 17.2 Å². The van der Waals surface area contributed by atoms with Crippen molar-refractivity contribution < 1.29 is 28.9 Å². The number of hydrogen-bond donors (Lipinski definition) is 1. The number of likely N-dealkylation sites (tertiary alicyclic amines) is 1. The zero-order valence-electron chi connectivity index (χ0n) is 21.5. The van der Waals surface area contributed by atoms with E-state index in [2.05, 4.69) is 0 Å². The first-order valence-corrected chi connectivity index (χ1v) is 12.2. The second kappa shape index (κ2) is 11.2. The highest BCUT2D eigenvalue weighted by Crippen LogP contribution is 2.40. The molecule has 7 heteroatoms. The molecular formula is C30H31NO6. The Balaban J connectivity index is 1.72. The van der Waals surface area contributed by atoms with E-state index in [1.807, 2.05) is 56.3 Å². The minimum absolute atomic E-state index is 0.0760. The Bertz CT molecular complexity index is 1330. The van der Waals surface area contributed by atoms with Crippen LogP contribution in [-0.4, -0.2) is 49.1 Å². The van der Waals surface area contributed by atoms with Crippen molar-refractivity contribution in [3.63, 3.8) is 0 Å². The van der Waals surface area contributed by atoms with E-state index >= 15 is 0 Å². The van der Waals surface area contributed by atoms with Crippen molar-refractivity contribution in [2.75, 3.05) is 27.4 Å². The highest BCUT2D eigenvalue weighted by atomic mass is 16.5. The lowest BCUT2D eigenvalue weighted by atomic mass is 9.94. The van der Waals surface area contributed by atoms with Gasteiger partial charge in [0, 0.05) is 12.1 Å². The smallest absolute Gasteiger partial charge is 0.295 e. The maximum atomic E-state index is 13.3. The van der Waals surface area contributed by atoms with E-state index in [1.54, 1.807) is 38.5 Å². The fourth-order valence-electron chi connectivity index (χ4n) is 4.61. The van der Waals surface area contributed by atoms with E-state index in [0.29, 0.717) is 35.8 Å². The number of aliphatic hydroxyl groups is 1. The van der Waals surface area contributed by atoms with Gasteiger partial charge in [-0.2, -0.15) is 0 Å². The lowest BCUT2D eigenvalue weighted by Gasteiger charge is -2.26. The van der Waals surface area contributed by atoms with Gasteiger partial charge in [-0.3, -0.25) is 9.59 Å². The first kappa shape index (κ1) is 25.8. The number of ketones is 1. The molecule has 0 aliphatic carbocycles. The van der Waals surface area contributed by atoms with E-state index in [0.717, 1.165) is 16.7 Å². The van der Waals surface area contributed by atoms with E-state index in [1.165, 1.54) is 4.90 Å². The predicted molar refractivity (Wildman–Crippen MR) is 141 cm³/mol. The molecule has 1 saturated heterocycles. The van der Waals surface area contributed by atoms with Crippen LogP contribution in [0.1, 0.15) is 35.2 Å². The summed E-state index contributed by atoms with van der Waals surface area (Å²) < 4.78 is 16.2. The highest BCUT2D eigenvalue weighted by Gasteiger charge is 2.45. The summed E-state index contributed by atoms with van der Waals surface area (Å²) in [7, 11) is 3.14. The summed E-state index contributed by atoms with van der Waals surface area (Å²) in [5, 5.41) is 11.3. The van der Waals surface area contributed by atoms with Gasteiger partial charge in [-0.25, -0.2) is 0 Å². The minimum Gasteiger partial charge on any atom is -0.507 e. The van der Waals surface area contributed by atoms with Crippen LogP contribution in [0.2, 0.25) is 0 Å². The third kappa shape index (κ3) is 5.31. The Morgan fingerprint density at radius 3 is 2.32 bits per heavy atom. The number of hydrogen-bond acceptors (Lipinski definition) is 6. The minimum atomic E-state index is -0.716. The Kier molecular flexibility index (Phi) is 7.82. The molecule has 4 rings (SSSR count). The van der Waals surface area contributed by atoms with E-state index < -0.39 is 17.7 Å². The van der Waals surface area contributed by atoms with Crippen LogP contribution in [0.15, 0.2) is 72.3 Å². The molecule has 7 nitrogen and oxygen atoms in total. The van der Waals surface area contributed by atoms with Crippen LogP contribution in [0.3, 0.4) is 0 Å². The Morgan fingerprint density at radius 2 is 1.68 bits per heavy atom. The third-order valence-electron chi connectivity index (χ3n) is 6.43. The molecule has 0 radical (unpaired) electrons. The Morgan fingerprint density at radius 1 is 0.946 bits per heavy atom. The van der Waals surface area contributed by atoms with Crippen LogP contribution in [0, 0.1) is 6.92 Å². The molecule has 1 fully saturated rings. The van der Waals surface area contributed by atoms with Crippen LogP contribution >= 0.6 is 0 Å². The van der Waals surface area contributed by atoms with Crippen LogP contribution < -0.4 is 14.2 Å². The number of nitrogens with zero attached hydrogens (tertiary/aromatic N) is 1. The molecule has 0 spiro atoms. The second-order valence-electron chi connectivity index (χ2n) is 8.80. The molecule has 1 aliphatic heterocycles. The first-order chi connectivity index (χ1) is 17.9. The average molecular weight is 502 g/mol. The number of aliphatic hydroxyl groups excluding tert-OH is 1. The summed E-state index contributed by atoms with van der Waals surface area (Å²) in [6.07, 6.45) is 0.485. The van der Waals surface area contributed by atoms with Gasteiger partial charge in [0.25, 0.3) is 11.7 Å². The maximum absolute atomic E-state index is 13.3. The molecule has 1 amide bonds. The average Bonchev–Trinajstić information content (AvgIpc) is 3.17. The van der Waals surface area contributed by atoms with Gasteiger partial charge in [0.15, 0.2) is 11.5 Å². The van der Waals surface area contributed by atoms with E-state index in [-0.39, 0.29) is 17.9 Å². The largest absolute Gasteiger partial charge is 0.507 e. The molecule has 1 atom stereocenters. The number of carbonyl (C=O) groups excluding carboxylic acids is 2. The van der Waals surface area contributed by atoms with Gasteiger partial charge in [0.1, 0.15) is 11.5 Å². The summed E-state index contributed by atoms with van der Waals surface area (Å²) in [5.41, 5.74) is 3.20. The zero-order chi connectivity index (χ0) is 26.5. The monoisotopic (exact) mass is 501 g/mol. The number of Topliss-reactive ketones (excluding diaryl/α,β-unsaturated/α-hetero) is 1. The maximum Gasteiger partial charge on any atom is 0.295 e. The summed E-state index contributed by atoms with van der Waals surface area (Å²) in [4.78, 5) is 28.1. The van der Waals surface area contributed by atoms with Crippen molar-refractivity contribution in [3.05, 3.63) is 94.6 Å². The third-order valence-corrected chi connectivity index (χ3v) is 6.43. The molecule has 1 heterocycles. The number of rotatable bonds is 9. The van der Waals surface area contributed by atoms with Crippen LogP contribution in [0.5, 0.6) is 17.2 Å². The van der Waals surface area contributed by atoms with Gasteiger partial charge in [-0.05, 0) is 67.8 Å². The van der Waals surface area contributed by atoms with Gasteiger partial charge in [-0.15, -0.1) is 0 Å². The molecule has 1 N–H and O–H groups in total. The van der Waals surface area contributed by atoms with Gasteiger partial charge < -0.3 is 24.2 Å². The standard InChI is InChI=1S/C30H31NO6/c1-5-37-23-12-10-21(11-13-23)28(32)26-27(22-8-6-7-19(2)17-22)31(30(34)29(26)33)16-15-20-9-14-24(35-3)25(18-20)36-4/h6-14,17-18,27,32H,5,15-16H2,1-4H3/b28-26+. The van der Waals surface area contributed by atoms with Crippen LogP contribution in [-0.2, 0) is 16.0 Å². The van der Waals surface area contributed by atoms with Crippen molar-refractivity contribution in [1.29, 1.82) is 0 Å². The SMILES string of the molecule is CCOc1ccc(/C(O)=C2\C(=O)C(=O)N(CCc3ccc(OC)c(OC)c3)C2c2cccc(C)c2)cc1. The molecule has 37 heavy (non-hydrogen) atoms. The van der Waals surface area contributed by atoms with Crippen LogP contribution in [0.4, 0.5) is 0 Å². The number of aryl methyl sites for hydroxylation is 1. The van der Waals surface area contributed by atoms with Gasteiger partial charge in [-0.1, -0.05) is 35.9 Å². The fraction of sp³-hybridized carbons (Fsp3) is 0.267. The summed E-state index contributed by atoms with van der Waals surface area (Å²) >= 11 is 0. The number of amides is 1. The molecule has 1 aliphatic rings. The number of ether oxygens (including phenoxy) is 3. The molecule has 192 valence electrons. The summed E-state index contributed by atoms with van der Waals surface area (Å²) in [6, 6.07) is 19.3. The quantitative estimate of drug-likeness (QED) is 0.250. The highest BCUT2D eigenvalue weighted by molar-refractivity contribution is 6.46. The van der Waals surface area contributed by atoms with Crippen LogP contribution in [0.25, 0.3) is 5.76 Å². The Labute approximate surface area is 216 Å². The van der Waals surface area contributed by atoms with Gasteiger partial charge in [0.2, 0.25) is 0 Å². The fourth-order valence-corrected chi connectivity index (χ4v) is 4.61. The second-order valence-corrected chi connectivity index (χ2v) is 8.80. The zero-order valence-corrected chi connectivity index (χ0v) is 21.5.